The van der Waals surface area contributed by atoms with Gasteiger partial charge in [0.15, 0.2) is 6.61 Å². The number of para-hydroxylation sites is 1. The Labute approximate surface area is 387 Å². The number of carbonyl (C=O) groups is 2. The number of aliphatic hydroxyl groups is 1. The van der Waals surface area contributed by atoms with E-state index in [1.54, 1.807) is 36.4 Å². The van der Waals surface area contributed by atoms with Crippen LogP contribution in [0.5, 0.6) is 11.5 Å². The summed E-state index contributed by atoms with van der Waals surface area (Å²) in [7, 11) is -2.68. The average Bonchev–Trinajstić information content (AvgIpc) is 4.07. The Kier molecular flexibility index (Phi) is 19.6. The molecule has 1 aliphatic heterocycles. The van der Waals surface area contributed by atoms with Crippen molar-refractivity contribution in [1.82, 2.24) is 20.4 Å². The fraction of sp³-hybridized carbons (Fsp3) is 0.392. The van der Waals surface area contributed by atoms with Gasteiger partial charge >= 0.3 is 7.40 Å². The van der Waals surface area contributed by atoms with Gasteiger partial charge in [-0.2, -0.15) is 0 Å². The molecule has 65 heavy (non-hydrogen) atoms. The number of nitrogens with one attached hydrogen (secondary N) is 3. The van der Waals surface area contributed by atoms with Crippen molar-refractivity contribution < 1.29 is 32.8 Å². The van der Waals surface area contributed by atoms with E-state index >= 15 is 0 Å². The molecule has 3 heterocycles. The number of amides is 2. The molecular formula is C51H64BF2N5O5S. The lowest BCUT2D eigenvalue weighted by molar-refractivity contribution is -0.124. The van der Waals surface area contributed by atoms with Crippen LogP contribution in [0, 0.1) is 0 Å². The SMILES string of the molecule is C=CCc1ccccc1OC[C@@H](O)CNC(C)(C)CCCCC(C)(C)NC(=O)CCCCCNC(=O)COc1ccc(/C=C/C2=NC(=C\c3ccc(-c4cccs4)n3B(F)F)/C=C2)cc1. The molecule has 1 atom stereocenters. The average molecular weight is 908 g/mol. The highest BCUT2D eigenvalue weighted by atomic mass is 32.1. The molecule has 10 nitrogen and oxygen atoms in total. The van der Waals surface area contributed by atoms with E-state index in [0.717, 1.165) is 71.2 Å². The first-order valence-electron chi connectivity index (χ1n) is 22.5. The fourth-order valence-corrected chi connectivity index (χ4v) is 8.10. The molecule has 346 valence electrons. The Bertz CT molecular complexity index is 2270. The van der Waals surface area contributed by atoms with Gasteiger partial charge < -0.3 is 35.0 Å². The van der Waals surface area contributed by atoms with Crippen molar-refractivity contribution in [3.63, 3.8) is 0 Å². The number of nitrogens with zero attached hydrogens (tertiary/aromatic N) is 2. The summed E-state index contributed by atoms with van der Waals surface area (Å²) in [5.74, 6) is 1.16. The highest BCUT2D eigenvalue weighted by Crippen LogP contribution is 2.30. The summed E-state index contributed by atoms with van der Waals surface area (Å²) in [6.45, 7) is 13.2. The largest absolute Gasteiger partial charge is 0.678 e. The number of β-amino-alcohol motifs (C(OH)–C–C–N with tert-alkyl or cyclic N) is 1. The van der Waals surface area contributed by atoms with Crippen LogP contribution >= 0.6 is 11.3 Å². The molecule has 0 radical (unpaired) electrons. The number of aliphatic hydroxyl groups excluding tert-OH is 1. The number of aliphatic imine (C=N–C) groups is 1. The van der Waals surface area contributed by atoms with E-state index in [9.17, 15) is 23.3 Å². The molecular weight excluding hydrogens is 843 g/mol. The molecule has 0 saturated heterocycles. The molecule has 1 aliphatic rings. The zero-order valence-corrected chi connectivity index (χ0v) is 39.0. The minimum atomic E-state index is -2.68. The molecule has 2 aromatic carbocycles. The van der Waals surface area contributed by atoms with Gasteiger partial charge in [-0.05, 0) is 137 Å². The van der Waals surface area contributed by atoms with Crippen LogP contribution in [0.15, 0.2) is 120 Å². The number of aromatic nitrogens is 1. The first-order chi connectivity index (χ1) is 31.2. The Morgan fingerprint density at radius 2 is 1.66 bits per heavy atom. The summed E-state index contributed by atoms with van der Waals surface area (Å²) in [4.78, 5) is 30.5. The van der Waals surface area contributed by atoms with Gasteiger partial charge in [-0.1, -0.05) is 67.8 Å². The predicted octanol–water partition coefficient (Wildman–Crippen LogP) is 10.1. The van der Waals surface area contributed by atoms with E-state index in [2.05, 4.69) is 55.2 Å². The first-order valence-corrected chi connectivity index (χ1v) is 23.3. The molecule has 0 bridgehead atoms. The van der Waals surface area contributed by atoms with Gasteiger partial charge in [-0.3, -0.25) is 18.2 Å². The quantitative estimate of drug-likeness (QED) is 0.0256. The van der Waals surface area contributed by atoms with Crippen LogP contribution in [0.4, 0.5) is 8.63 Å². The number of rotatable bonds is 28. The van der Waals surface area contributed by atoms with Gasteiger partial charge in [-0.15, -0.1) is 17.9 Å². The summed E-state index contributed by atoms with van der Waals surface area (Å²) in [5, 5.41) is 22.0. The molecule has 0 saturated carbocycles. The maximum Gasteiger partial charge on any atom is 0.678 e. The summed E-state index contributed by atoms with van der Waals surface area (Å²) in [6, 6.07) is 22.2. The van der Waals surface area contributed by atoms with Crippen molar-refractivity contribution in [3.05, 3.63) is 132 Å². The first kappa shape index (κ1) is 50.4. The van der Waals surface area contributed by atoms with E-state index < -0.39 is 13.5 Å². The van der Waals surface area contributed by atoms with Crippen molar-refractivity contribution in [2.45, 2.75) is 103 Å². The Morgan fingerprint density at radius 1 is 0.892 bits per heavy atom. The maximum atomic E-state index is 14.0. The third kappa shape index (κ3) is 17.4. The second-order valence-corrected chi connectivity index (χ2v) is 18.5. The van der Waals surface area contributed by atoms with Crippen LogP contribution < -0.4 is 25.4 Å². The second kappa shape index (κ2) is 25.2. The number of benzene rings is 2. The predicted molar refractivity (Wildman–Crippen MR) is 263 cm³/mol. The standard InChI is InChI=1S/C51H64BF2N5O5S/c1-6-15-39-16-9-10-17-46(39)64-36-43(60)35-56-50(2,3)30-11-12-31-51(4,5)58-48(61)19-8-7-13-32-55-49(62)37-63-44-27-21-38(22-28-44)20-23-40-24-25-41(57-40)34-42-26-29-45(59(42)52(53)54)47-18-14-33-65-47/h6,9-10,14,16-18,20-29,33-34,43,56,60H,1,7-8,11-13,15,19,30-32,35-37H2,2-5H3,(H,55,62)(H,58,61)/b23-20+,41-34-/t43-/m0/s1. The lowest BCUT2D eigenvalue weighted by Crippen LogP contribution is -2.45. The van der Waals surface area contributed by atoms with Crippen LogP contribution in [-0.4, -0.2) is 78.0 Å². The zero-order valence-electron chi connectivity index (χ0n) is 38.2. The fourth-order valence-electron chi connectivity index (χ4n) is 7.35. The van der Waals surface area contributed by atoms with E-state index in [1.807, 2.05) is 78.2 Å². The van der Waals surface area contributed by atoms with E-state index in [1.165, 1.54) is 11.3 Å². The zero-order chi connectivity index (χ0) is 46.7. The highest BCUT2D eigenvalue weighted by Gasteiger charge is 2.25. The van der Waals surface area contributed by atoms with Crippen molar-refractivity contribution in [2.24, 2.45) is 4.99 Å². The molecule has 0 aliphatic carbocycles. The molecule has 14 heteroatoms. The summed E-state index contributed by atoms with van der Waals surface area (Å²) in [6.07, 6.45) is 17.5. The monoisotopic (exact) mass is 907 g/mol. The Hall–Kier alpha value is -5.57. The summed E-state index contributed by atoms with van der Waals surface area (Å²) < 4.78 is 40.5. The molecule has 2 amide bonds. The number of thiophene rings is 1. The van der Waals surface area contributed by atoms with E-state index in [0.29, 0.717) is 54.5 Å². The number of allylic oxidation sites excluding steroid dienone is 4. The molecule has 2 aromatic heterocycles. The lowest BCUT2D eigenvalue weighted by atomic mass is 9.92. The molecule has 0 fully saturated rings. The highest BCUT2D eigenvalue weighted by molar-refractivity contribution is 7.13. The minimum absolute atomic E-state index is 0.0369. The minimum Gasteiger partial charge on any atom is -0.491 e. The number of hydrogen-bond acceptors (Lipinski definition) is 8. The Balaban J connectivity index is 0.892. The topological polar surface area (TPSA) is 126 Å². The van der Waals surface area contributed by atoms with Crippen LogP contribution in [0.25, 0.3) is 22.7 Å². The van der Waals surface area contributed by atoms with Crippen molar-refractivity contribution >= 4 is 48.4 Å². The number of hydrogen-bond donors (Lipinski definition) is 4. The van der Waals surface area contributed by atoms with E-state index in [-0.39, 0.29) is 36.1 Å². The third-order valence-corrected chi connectivity index (χ3v) is 11.8. The van der Waals surface area contributed by atoms with E-state index in [4.69, 9.17) is 9.47 Å². The number of halogens is 2. The molecule has 0 spiro atoms. The summed E-state index contributed by atoms with van der Waals surface area (Å²) >= 11 is 1.42. The summed E-state index contributed by atoms with van der Waals surface area (Å²) in [5.41, 5.74) is 3.62. The van der Waals surface area contributed by atoms with Crippen LogP contribution in [0.2, 0.25) is 0 Å². The Morgan fingerprint density at radius 3 is 2.40 bits per heavy atom. The lowest BCUT2D eigenvalue weighted by Gasteiger charge is -2.30. The molecule has 4 aromatic rings. The van der Waals surface area contributed by atoms with Crippen molar-refractivity contribution in [2.75, 3.05) is 26.3 Å². The number of carbonyl (C=O) groups excluding carboxylic acids is 2. The van der Waals surface area contributed by atoms with Gasteiger partial charge in [0.2, 0.25) is 5.91 Å². The van der Waals surface area contributed by atoms with Crippen LogP contribution in [-0.2, 0) is 16.0 Å². The van der Waals surface area contributed by atoms with Crippen molar-refractivity contribution in [3.8, 4) is 22.1 Å². The third-order valence-electron chi connectivity index (χ3n) is 10.9. The van der Waals surface area contributed by atoms with Crippen LogP contribution in [0.1, 0.15) is 95.9 Å². The molecule has 4 N–H and O–H groups in total. The van der Waals surface area contributed by atoms with Gasteiger partial charge in [0.25, 0.3) is 5.91 Å². The number of unbranched alkanes of at least 4 members (excludes halogenated alkanes) is 3. The van der Waals surface area contributed by atoms with Gasteiger partial charge in [-0.25, -0.2) is 4.99 Å². The van der Waals surface area contributed by atoms with Crippen LogP contribution in [0.3, 0.4) is 0 Å². The smallest absolute Gasteiger partial charge is 0.491 e. The van der Waals surface area contributed by atoms with Gasteiger partial charge in [0.05, 0.1) is 17.1 Å². The van der Waals surface area contributed by atoms with Crippen molar-refractivity contribution in [1.29, 1.82) is 0 Å². The molecule has 5 rings (SSSR count). The normalized spacial score (nSPS) is 13.8. The number of ether oxygens (including phenoxy) is 2. The molecule has 0 unspecified atom stereocenters. The maximum absolute atomic E-state index is 14.0. The van der Waals surface area contributed by atoms with Gasteiger partial charge in [0, 0.05) is 41.2 Å². The van der Waals surface area contributed by atoms with Gasteiger partial charge in [0.1, 0.15) is 24.2 Å². The second-order valence-electron chi connectivity index (χ2n) is 17.5.